The lowest BCUT2D eigenvalue weighted by molar-refractivity contribution is -0.123. The van der Waals surface area contributed by atoms with Crippen LogP contribution in [0.3, 0.4) is 0 Å². The number of hydrogen-bond donors (Lipinski definition) is 0. The van der Waals surface area contributed by atoms with E-state index in [0.29, 0.717) is 18.7 Å². The van der Waals surface area contributed by atoms with Crippen LogP contribution >= 0.6 is 11.8 Å². The number of hydrogen-bond acceptors (Lipinski definition) is 6. The Labute approximate surface area is 135 Å². The van der Waals surface area contributed by atoms with Gasteiger partial charge in [0.1, 0.15) is 0 Å². The molecule has 0 saturated heterocycles. The van der Waals surface area contributed by atoms with Crippen LogP contribution in [0.1, 0.15) is 19.4 Å². The summed E-state index contributed by atoms with van der Waals surface area (Å²) in [6, 6.07) is 7.12. The first kappa shape index (κ1) is 18.5. The number of likely N-dealkylation sites (N-methyl/N-ethyl adjacent to an activating group) is 1. The Morgan fingerprint density at radius 1 is 1.23 bits per heavy atom. The third-order valence-corrected chi connectivity index (χ3v) is 3.97. The molecule has 0 aliphatic carbocycles. The number of rotatable bonds is 7. The molecule has 1 amide bonds. The number of carbonyl (C=O) groups is 1. The highest BCUT2D eigenvalue weighted by Gasteiger charge is 2.21. The molecule has 0 atom stereocenters. The molecule has 1 aromatic rings. The summed E-state index contributed by atoms with van der Waals surface area (Å²) in [5, 5.41) is 3.57. The first-order valence-corrected chi connectivity index (χ1v) is 9.76. The topological polar surface area (TPSA) is 76.0 Å². The highest BCUT2D eigenvalue weighted by Crippen LogP contribution is 2.16. The van der Waals surface area contributed by atoms with Gasteiger partial charge in [-0.25, -0.2) is 0 Å². The van der Waals surface area contributed by atoms with E-state index in [1.807, 2.05) is 32.2 Å². The number of carbonyl (C=O) groups excluding carboxylic acids is 1. The van der Waals surface area contributed by atoms with E-state index in [2.05, 4.69) is 9.44 Å². The van der Waals surface area contributed by atoms with Crippen molar-refractivity contribution in [2.75, 3.05) is 25.6 Å². The number of benzene rings is 1. The Balaban J connectivity index is 3.23. The Morgan fingerprint density at radius 3 is 2.18 bits per heavy atom. The quantitative estimate of drug-likeness (QED) is 0.429. The van der Waals surface area contributed by atoms with E-state index in [-0.39, 0.29) is 11.6 Å². The van der Waals surface area contributed by atoms with E-state index in [1.54, 1.807) is 28.8 Å². The number of amides is 1. The fraction of sp³-hybridized carbons (Fsp3) is 0.429. The predicted molar refractivity (Wildman–Crippen MR) is 88.6 cm³/mol. The van der Waals surface area contributed by atoms with Crippen LogP contribution in [0, 0.1) is 0 Å². The molecular weight excluding hydrogens is 324 g/mol. The molecule has 0 radical (unpaired) electrons. The predicted octanol–water partition coefficient (Wildman–Crippen LogP) is 1.96. The van der Waals surface area contributed by atoms with Gasteiger partial charge in [0.25, 0.3) is 5.91 Å². The van der Waals surface area contributed by atoms with Crippen molar-refractivity contribution in [2.24, 2.45) is 5.16 Å². The van der Waals surface area contributed by atoms with Gasteiger partial charge in [-0.05, 0) is 32.2 Å². The molecule has 8 heteroatoms. The van der Waals surface area contributed by atoms with Crippen molar-refractivity contribution >= 4 is 33.5 Å². The molecule has 22 heavy (non-hydrogen) atoms. The van der Waals surface area contributed by atoms with Crippen molar-refractivity contribution in [3.05, 3.63) is 29.8 Å². The lowest BCUT2D eigenvalue weighted by Gasteiger charge is -2.19. The molecule has 0 aliphatic rings. The third-order valence-electron chi connectivity index (χ3n) is 2.88. The van der Waals surface area contributed by atoms with Crippen molar-refractivity contribution in [1.29, 1.82) is 0 Å². The monoisotopic (exact) mass is 344 g/mol. The molecule has 6 nitrogen and oxygen atoms in total. The minimum absolute atomic E-state index is 0.0261. The average Bonchev–Trinajstić information content (AvgIpc) is 2.48. The highest BCUT2D eigenvalue weighted by molar-refractivity contribution is 7.98. The third kappa shape index (κ3) is 5.34. The van der Waals surface area contributed by atoms with E-state index >= 15 is 0 Å². The zero-order valence-corrected chi connectivity index (χ0v) is 14.7. The summed E-state index contributed by atoms with van der Waals surface area (Å²) in [5.41, 5.74) is 0.486. The highest BCUT2D eigenvalue weighted by atomic mass is 32.2. The number of nitrogens with zero attached hydrogens (tertiary/aromatic N) is 2. The second kappa shape index (κ2) is 8.19. The van der Waals surface area contributed by atoms with Crippen LogP contribution in [0.4, 0.5) is 0 Å². The molecule has 0 spiro atoms. The minimum atomic E-state index is -3.78. The zero-order chi connectivity index (χ0) is 16.8. The summed E-state index contributed by atoms with van der Waals surface area (Å²) in [5.74, 6) is -0.370. The molecule has 0 N–H and O–H groups in total. The van der Waals surface area contributed by atoms with Gasteiger partial charge in [0.2, 0.25) is 0 Å². The summed E-state index contributed by atoms with van der Waals surface area (Å²) in [7, 11) is -3.78. The summed E-state index contributed by atoms with van der Waals surface area (Å²) in [4.78, 5) is 15.1. The molecule has 0 aliphatic heterocycles. The summed E-state index contributed by atoms with van der Waals surface area (Å²) < 4.78 is 26.8. The van der Waals surface area contributed by atoms with Crippen molar-refractivity contribution in [3.63, 3.8) is 0 Å². The number of thioether (sulfide) groups is 1. The maximum atomic E-state index is 12.5. The van der Waals surface area contributed by atoms with Gasteiger partial charge in [-0.1, -0.05) is 17.3 Å². The van der Waals surface area contributed by atoms with Gasteiger partial charge in [-0.3, -0.25) is 9.08 Å². The Morgan fingerprint density at radius 2 is 1.77 bits per heavy atom. The number of oxime groups is 1. The van der Waals surface area contributed by atoms with Crippen LogP contribution < -0.4 is 0 Å². The molecule has 0 aromatic heterocycles. The van der Waals surface area contributed by atoms with Crippen molar-refractivity contribution in [3.8, 4) is 0 Å². The van der Waals surface area contributed by atoms with Crippen molar-refractivity contribution in [2.45, 2.75) is 18.7 Å². The van der Waals surface area contributed by atoms with Gasteiger partial charge in [-0.2, -0.15) is 8.42 Å². The second-order valence-corrected chi connectivity index (χ2v) is 6.86. The zero-order valence-electron chi connectivity index (χ0n) is 13.1. The molecule has 1 aromatic carbocycles. The van der Waals surface area contributed by atoms with Crippen LogP contribution in [0.2, 0.25) is 0 Å². The van der Waals surface area contributed by atoms with E-state index in [9.17, 15) is 13.2 Å². The van der Waals surface area contributed by atoms with Crippen LogP contribution in [0.5, 0.6) is 0 Å². The van der Waals surface area contributed by atoms with E-state index in [4.69, 9.17) is 0 Å². The van der Waals surface area contributed by atoms with Gasteiger partial charge < -0.3 is 4.90 Å². The Bertz CT molecular complexity index is 635. The first-order chi connectivity index (χ1) is 10.3. The molecule has 0 fully saturated rings. The Kier molecular flexibility index (Phi) is 6.89. The maximum Gasteiger partial charge on any atom is 0.325 e. The molecule has 0 unspecified atom stereocenters. The van der Waals surface area contributed by atoms with Gasteiger partial charge in [0, 0.05) is 23.5 Å². The van der Waals surface area contributed by atoms with Gasteiger partial charge in [0.05, 0.1) is 6.26 Å². The molecule has 1 rings (SSSR count). The van der Waals surface area contributed by atoms with Crippen LogP contribution in [-0.2, 0) is 19.2 Å². The summed E-state index contributed by atoms with van der Waals surface area (Å²) >= 11 is 1.57. The van der Waals surface area contributed by atoms with E-state index in [1.165, 1.54) is 0 Å². The molecular formula is C14H20N2O4S2. The van der Waals surface area contributed by atoms with Crippen molar-refractivity contribution in [1.82, 2.24) is 4.90 Å². The SMILES string of the molecule is CCN(CC)C(=O)C(=NOS(C)(=O)=O)c1ccc(SC)cc1. The molecule has 122 valence electrons. The van der Waals surface area contributed by atoms with Gasteiger partial charge in [0.15, 0.2) is 5.71 Å². The van der Waals surface area contributed by atoms with Crippen molar-refractivity contribution < 1.29 is 17.5 Å². The van der Waals surface area contributed by atoms with Gasteiger partial charge >= 0.3 is 10.1 Å². The normalized spacial score (nSPS) is 12.1. The molecule has 0 saturated carbocycles. The summed E-state index contributed by atoms with van der Waals surface area (Å²) in [6.07, 6.45) is 2.82. The smallest absolute Gasteiger partial charge is 0.325 e. The van der Waals surface area contributed by atoms with Crippen LogP contribution in [0.25, 0.3) is 0 Å². The average molecular weight is 344 g/mol. The fourth-order valence-electron chi connectivity index (χ4n) is 1.73. The van der Waals surface area contributed by atoms with Crippen LogP contribution in [0.15, 0.2) is 34.3 Å². The largest absolute Gasteiger partial charge is 0.338 e. The maximum absolute atomic E-state index is 12.5. The standard InChI is InChI=1S/C14H20N2O4S2/c1-5-16(6-2)14(17)13(15-20-22(4,18)19)11-7-9-12(21-3)10-8-11/h7-10H,5-6H2,1-4H3. The molecule has 0 heterocycles. The van der Waals surface area contributed by atoms with E-state index in [0.717, 1.165) is 11.2 Å². The lowest BCUT2D eigenvalue weighted by atomic mass is 10.1. The fourth-order valence-corrected chi connectivity index (χ4v) is 2.35. The lowest BCUT2D eigenvalue weighted by Crippen LogP contribution is -2.37. The first-order valence-electron chi connectivity index (χ1n) is 6.72. The van der Waals surface area contributed by atoms with Crippen LogP contribution in [-0.4, -0.2) is 50.5 Å². The minimum Gasteiger partial charge on any atom is -0.338 e. The molecule has 0 bridgehead atoms. The van der Waals surface area contributed by atoms with E-state index < -0.39 is 10.1 Å². The second-order valence-electron chi connectivity index (χ2n) is 4.42. The summed E-state index contributed by atoms with van der Waals surface area (Å²) in [6.45, 7) is 4.67. The Hall–Kier alpha value is -1.54. The van der Waals surface area contributed by atoms with Gasteiger partial charge in [-0.15, -0.1) is 11.8 Å².